The van der Waals surface area contributed by atoms with Crippen molar-refractivity contribution in [1.82, 2.24) is 5.32 Å². The topological polar surface area (TPSA) is 58.6 Å². The third kappa shape index (κ3) is 5.06. The molecule has 2 aromatic rings. The highest BCUT2D eigenvalue weighted by molar-refractivity contribution is 5.78. The maximum Gasteiger partial charge on any atom is 0.224 e. The number of aliphatic hydroxyl groups is 1. The second-order valence-electron chi connectivity index (χ2n) is 5.81. The van der Waals surface area contributed by atoms with E-state index >= 15 is 0 Å². The standard InChI is InChI=1S/C19H22FNO3/c1-3-24-17-6-4-5-14(11-17)12-18(22)21-13-19(2,23)15-7-9-16(20)10-8-15/h4-11,23H,3,12-13H2,1-2H3,(H,21,22). The second-order valence-corrected chi connectivity index (χ2v) is 5.81. The van der Waals surface area contributed by atoms with Gasteiger partial charge < -0.3 is 15.2 Å². The summed E-state index contributed by atoms with van der Waals surface area (Å²) in [4.78, 5) is 12.1. The lowest BCUT2D eigenvalue weighted by Gasteiger charge is -2.24. The number of hydrogen-bond acceptors (Lipinski definition) is 3. The van der Waals surface area contributed by atoms with Crippen LogP contribution in [0.4, 0.5) is 4.39 Å². The third-order valence-electron chi connectivity index (χ3n) is 3.67. The van der Waals surface area contributed by atoms with Crippen molar-refractivity contribution in [3.05, 3.63) is 65.5 Å². The molecule has 1 amide bonds. The minimum atomic E-state index is -1.27. The molecule has 0 aliphatic carbocycles. The first-order valence-electron chi connectivity index (χ1n) is 7.87. The molecular formula is C19H22FNO3. The molecule has 5 heteroatoms. The van der Waals surface area contributed by atoms with Crippen molar-refractivity contribution >= 4 is 5.91 Å². The molecule has 24 heavy (non-hydrogen) atoms. The van der Waals surface area contributed by atoms with Gasteiger partial charge in [0.15, 0.2) is 0 Å². The molecule has 0 saturated carbocycles. The highest BCUT2D eigenvalue weighted by atomic mass is 19.1. The van der Waals surface area contributed by atoms with Gasteiger partial charge in [-0.1, -0.05) is 24.3 Å². The Balaban J connectivity index is 1.92. The first-order valence-corrected chi connectivity index (χ1v) is 7.87. The van der Waals surface area contributed by atoms with Gasteiger partial charge in [-0.15, -0.1) is 0 Å². The molecule has 128 valence electrons. The molecule has 1 unspecified atom stereocenters. The molecule has 2 rings (SSSR count). The lowest BCUT2D eigenvalue weighted by Crippen LogP contribution is -2.39. The monoisotopic (exact) mass is 331 g/mol. The molecule has 2 aromatic carbocycles. The average Bonchev–Trinajstić information content (AvgIpc) is 2.54. The van der Waals surface area contributed by atoms with Gasteiger partial charge in [-0.05, 0) is 49.2 Å². The number of carbonyl (C=O) groups excluding carboxylic acids is 1. The fourth-order valence-corrected chi connectivity index (χ4v) is 2.34. The van der Waals surface area contributed by atoms with Gasteiger partial charge in [-0.2, -0.15) is 0 Å². The van der Waals surface area contributed by atoms with E-state index in [0.29, 0.717) is 12.2 Å². The quantitative estimate of drug-likeness (QED) is 0.820. The zero-order valence-corrected chi connectivity index (χ0v) is 13.9. The van der Waals surface area contributed by atoms with E-state index in [1.54, 1.807) is 6.92 Å². The zero-order valence-electron chi connectivity index (χ0n) is 13.9. The Morgan fingerprint density at radius 3 is 2.62 bits per heavy atom. The summed E-state index contributed by atoms with van der Waals surface area (Å²) in [6.07, 6.45) is 0.195. The number of benzene rings is 2. The number of amides is 1. The van der Waals surface area contributed by atoms with E-state index in [1.165, 1.54) is 24.3 Å². The molecule has 0 bridgehead atoms. The predicted octanol–water partition coefficient (Wildman–Crippen LogP) is 2.79. The minimum absolute atomic E-state index is 0.0443. The Bertz CT molecular complexity index is 683. The number of halogens is 1. The summed E-state index contributed by atoms with van der Waals surface area (Å²) in [5.74, 6) is 0.153. The molecule has 0 aromatic heterocycles. The molecule has 0 heterocycles. The van der Waals surface area contributed by atoms with Gasteiger partial charge in [0.2, 0.25) is 5.91 Å². The van der Waals surface area contributed by atoms with Crippen LogP contribution in [0.3, 0.4) is 0 Å². The van der Waals surface area contributed by atoms with Crippen molar-refractivity contribution < 1.29 is 19.0 Å². The Morgan fingerprint density at radius 2 is 1.96 bits per heavy atom. The van der Waals surface area contributed by atoms with Crippen LogP contribution < -0.4 is 10.1 Å². The maximum absolute atomic E-state index is 13.0. The summed E-state index contributed by atoms with van der Waals surface area (Å²) >= 11 is 0. The molecule has 4 nitrogen and oxygen atoms in total. The lowest BCUT2D eigenvalue weighted by atomic mass is 9.96. The van der Waals surface area contributed by atoms with Gasteiger partial charge in [-0.25, -0.2) is 4.39 Å². The van der Waals surface area contributed by atoms with E-state index in [2.05, 4.69) is 5.32 Å². The van der Waals surface area contributed by atoms with Crippen LogP contribution in [0, 0.1) is 5.82 Å². The zero-order chi connectivity index (χ0) is 17.6. The predicted molar refractivity (Wildman–Crippen MR) is 90.3 cm³/mol. The van der Waals surface area contributed by atoms with Gasteiger partial charge in [0.25, 0.3) is 0 Å². The summed E-state index contributed by atoms with van der Waals surface area (Å²) in [5, 5.41) is 13.2. The van der Waals surface area contributed by atoms with Crippen LogP contribution in [-0.2, 0) is 16.8 Å². The van der Waals surface area contributed by atoms with Crippen LogP contribution in [0.15, 0.2) is 48.5 Å². The Labute approximate surface area is 141 Å². The van der Waals surface area contributed by atoms with Gasteiger partial charge in [0, 0.05) is 0 Å². The molecule has 0 aliphatic rings. The van der Waals surface area contributed by atoms with Crippen molar-refractivity contribution in [2.45, 2.75) is 25.9 Å². The Kier molecular flexibility index (Phi) is 5.93. The van der Waals surface area contributed by atoms with E-state index in [1.807, 2.05) is 31.2 Å². The summed E-state index contributed by atoms with van der Waals surface area (Å²) < 4.78 is 18.4. The summed E-state index contributed by atoms with van der Waals surface area (Å²) in [6, 6.07) is 12.9. The van der Waals surface area contributed by atoms with Crippen LogP contribution in [0.5, 0.6) is 5.75 Å². The number of ether oxygens (including phenoxy) is 1. The van der Waals surface area contributed by atoms with Gasteiger partial charge in [-0.3, -0.25) is 4.79 Å². The molecule has 0 fully saturated rings. The summed E-state index contributed by atoms with van der Waals surface area (Å²) in [7, 11) is 0. The number of carbonyl (C=O) groups is 1. The summed E-state index contributed by atoms with van der Waals surface area (Å²) in [6.45, 7) is 4.09. The molecule has 0 saturated heterocycles. The fourth-order valence-electron chi connectivity index (χ4n) is 2.34. The molecule has 0 radical (unpaired) electrons. The van der Waals surface area contributed by atoms with E-state index in [4.69, 9.17) is 4.74 Å². The molecule has 0 spiro atoms. The SMILES string of the molecule is CCOc1cccc(CC(=O)NCC(C)(O)c2ccc(F)cc2)c1. The fraction of sp³-hybridized carbons (Fsp3) is 0.316. The van der Waals surface area contributed by atoms with E-state index < -0.39 is 5.60 Å². The van der Waals surface area contributed by atoms with E-state index in [9.17, 15) is 14.3 Å². The molecule has 1 atom stereocenters. The van der Waals surface area contributed by atoms with Crippen molar-refractivity contribution in [2.75, 3.05) is 13.2 Å². The van der Waals surface area contributed by atoms with Gasteiger partial charge >= 0.3 is 0 Å². The summed E-state index contributed by atoms with van der Waals surface area (Å²) in [5.41, 5.74) is 0.110. The first kappa shape index (κ1) is 17.9. The average molecular weight is 331 g/mol. The normalized spacial score (nSPS) is 13.2. The lowest BCUT2D eigenvalue weighted by molar-refractivity contribution is -0.121. The smallest absolute Gasteiger partial charge is 0.224 e. The molecular weight excluding hydrogens is 309 g/mol. The highest BCUT2D eigenvalue weighted by Crippen LogP contribution is 2.20. The second kappa shape index (κ2) is 7.93. The van der Waals surface area contributed by atoms with Crippen LogP contribution in [-0.4, -0.2) is 24.2 Å². The number of rotatable bonds is 7. The van der Waals surface area contributed by atoms with Crippen LogP contribution in [0.1, 0.15) is 25.0 Å². The van der Waals surface area contributed by atoms with E-state index in [0.717, 1.165) is 11.3 Å². The Hall–Kier alpha value is -2.40. The largest absolute Gasteiger partial charge is 0.494 e. The third-order valence-corrected chi connectivity index (χ3v) is 3.67. The highest BCUT2D eigenvalue weighted by Gasteiger charge is 2.23. The van der Waals surface area contributed by atoms with Gasteiger partial charge in [0.1, 0.15) is 17.2 Å². The van der Waals surface area contributed by atoms with Crippen LogP contribution >= 0.6 is 0 Å². The van der Waals surface area contributed by atoms with Crippen molar-refractivity contribution in [3.63, 3.8) is 0 Å². The number of nitrogens with one attached hydrogen (secondary N) is 1. The van der Waals surface area contributed by atoms with Gasteiger partial charge in [0.05, 0.1) is 19.6 Å². The van der Waals surface area contributed by atoms with E-state index in [-0.39, 0.29) is 24.7 Å². The van der Waals surface area contributed by atoms with Crippen LogP contribution in [0.25, 0.3) is 0 Å². The van der Waals surface area contributed by atoms with Crippen molar-refractivity contribution in [1.29, 1.82) is 0 Å². The molecule has 2 N–H and O–H groups in total. The van der Waals surface area contributed by atoms with Crippen LogP contribution in [0.2, 0.25) is 0 Å². The van der Waals surface area contributed by atoms with Crippen molar-refractivity contribution in [2.24, 2.45) is 0 Å². The Morgan fingerprint density at radius 1 is 1.25 bits per heavy atom. The van der Waals surface area contributed by atoms with Crippen molar-refractivity contribution in [3.8, 4) is 5.75 Å². The maximum atomic E-state index is 13.0. The molecule has 0 aliphatic heterocycles. The number of hydrogen-bond donors (Lipinski definition) is 2. The first-order chi connectivity index (χ1) is 11.4. The minimum Gasteiger partial charge on any atom is -0.494 e.